The van der Waals surface area contributed by atoms with Crippen molar-refractivity contribution in [1.29, 1.82) is 0 Å². The molecule has 0 aliphatic heterocycles. The summed E-state index contributed by atoms with van der Waals surface area (Å²) in [6.45, 7) is 0. The number of carbonyl (C=O) groups excluding carboxylic acids is 1. The minimum Gasteiger partial charge on any atom is -0.267 e. The van der Waals surface area contributed by atoms with Gasteiger partial charge in [-0.1, -0.05) is 18.2 Å². The van der Waals surface area contributed by atoms with Gasteiger partial charge >= 0.3 is 30.9 Å². The highest BCUT2D eigenvalue weighted by Gasteiger charge is 2.50. The Bertz CT molecular complexity index is 1140. The van der Waals surface area contributed by atoms with Crippen molar-refractivity contribution in [3.8, 4) is 0 Å². The predicted octanol–water partition coefficient (Wildman–Crippen LogP) is 8.21. The second kappa shape index (κ2) is 10.1. The fraction of sp³-hybridized carbons (Fsp3) is 0.333. The molecule has 17 heteroatoms. The summed E-state index contributed by atoms with van der Waals surface area (Å²) in [7, 11) is 0. The highest BCUT2D eigenvalue weighted by Crippen LogP contribution is 2.47. The van der Waals surface area contributed by atoms with Crippen molar-refractivity contribution in [2.24, 2.45) is 4.99 Å². The van der Waals surface area contributed by atoms with Crippen LogP contribution in [-0.4, -0.2) is 24.5 Å². The molecule has 38 heavy (non-hydrogen) atoms. The maximum atomic E-state index is 13.2. The molecule has 0 aliphatic rings. The second-order valence-electron chi connectivity index (χ2n) is 7.58. The Morgan fingerprint density at radius 1 is 0.658 bits per heavy atom. The Kier molecular flexibility index (Phi) is 8.25. The van der Waals surface area contributed by atoms with Crippen LogP contribution >= 0.6 is 0 Å². The van der Waals surface area contributed by atoms with Gasteiger partial charge in [0.05, 0.1) is 29.5 Å². The predicted molar refractivity (Wildman–Crippen MR) is 99.3 cm³/mol. The van der Waals surface area contributed by atoms with Gasteiger partial charge in [-0.05, 0) is 28.8 Å². The number of alkyl halides is 15. The fourth-order valence-corrected chi connectivity index (χ4v) is 3.29. The van der Waals surface area contributed by atoms with Crippen LogP contribution in [0.2, 0.25) is 0 Å². The molecular weight excluding hydrogens is 567 g/mol. The van der Waals surface area contributed by atoms with Crippen molar-refractivity contribution in [3.63, 3.8) is 0 Å². The molecule has 0 N–H and O–H groups in total. The summed E-state index contributed by atoms with van der Waals surface area (Å²) in [6.07, 6.45) is -32.0. The van der Waals surface area contributed by atoms with Crippen LogP contribution in [0.25, 0.3) is 0 Å². The number of benzene rings is 2. The molecule has 0 heterocycles. The number of hydrogen-bond donors (Lipinski definition) is 0. The summed E-state index contributed by atoms with van der Waals surface area (Å²) in [5.74, 6) is -2.10. The zero-order valence-corrected chi connectivity index (χ0v) is 17.9. The number of amides is 1. The van der Waals surface area contributed by atoms with Crippen LogP contribution in [0.5, 0.6) is 0 Å². The van der Waals surface area contributed by atoms with Gasteiger partial charge in [0.15, 0.2) is 0 Å². The minimum absolute atomic E-state index is 0.0582. The number of carbonyl (C=O) groups is 1. The Morgan fingerprint density at radius 2 is 1.05 bits per heavy atom. The van der Waals surface area contributed by atoms with Crippen LogP contribution in [0.4, 0.5) is 65.9 Å². The lowest BCUT2D eigenvalue weighted by Gasteiger charge is -2.21. The highest BCUT2D eigenvalue weighted by atomic mass is 19.4. The number of hydrogen-bond acceptors (Lipinski definition) is 1. The standard InChI is InChI=1S/C21H10F15NO/c22-17(23,24)6-9-2-1-3-10(7-18(25,26)27)12(9)8-37-16(38)11-4-13(19(28,29)30)15(21(34,35)36)14(5-11)20(31,32)33/h1-5,8H,6-7H2. The van der Waals surface area contributed by atoms with Crippen molar-refractivity contribution in [2.75, 3.05) is 0 Å². The summed E-state index contributed by atoms with van der Waals surface area (Å²) in [5.41, 5.74) is -13.4. The summed E-state index contributed by atoms with van der Waals surface area (Å²) < 4.78 is 196. The van der Waals surface area contributed by atoms with Crippen molar-refractivity contribution in [3.05, 3.63) is 69.3 Å². The van der Waals surface area contributed by atoms with E-state index < -0.39 is 101 Å². The first-order valence-electron chi connectivity index (χ1n) is 9.62. The van der Waals surface area contributed by atoms with Crippen molar-refractivity contribution >= 4 is 12.1 Å². The smallest absolute Gasteiger partial charge is 0.267 e. The zero-order valence-electron chi connectivity index (χ0n) is 17.9. The zero-order chi connectivity index (χ0) is 29.5. The van der Waals surface area contributed by atoms with Crippen molar-refractivity contribution in [1.82, 2.24) is 0 Å². The van der Waals surface area contributed by atoms with Crippen molar-refractivity contribution < 1.29 is 70.7 Å². The van der Waals surface area contributed by atoms with E-state index in [2.05, 4.69) is 4.99 Å². The highest BCUT2D eigenvalue weighted by molar-refractivity contribution is 6.02. The van der Waals surface area contributed by atoms with Crippen LogP contribution in [0.3, 0.4) is 0 Å². The quantitative estimate of drug-likeness (QED) is 0.266. The molecular formula is C21H10F15NO. The number of nitrogens with zero attached hydrogens (tertiary/aromatic N) is 1. The first-order valence-corrected chi connectivity index (χ1v) is 9.62. The van der Waals surface area contributed by atoms with E-state index in [1.807, 2.05) is 0 Å². The van der Waals surface area contributed by atoms with Gasteiger partial charge in [-0.25, -0.2) is 4.99 Å². The van der Waals surface area contributed by atoms with Gasteiger partial charge in [0.1, 0.15) is 0 Å². The van der Waals surface area contributed by atoms with E-state index in [9.17, 15) is 70.7 Å². The largest absolute Gasteiger partial charge is 0.417 e. The lowest BCUT2D eigenvalue weighted by molar-refractivity contribution is -0.174. The minimum atomic E-state index is -6.19. The molecule has 0 unspecified atom stereocenters. The first kappa shape index (κ1) is 31.0. The van der Waals surface area contributed by atoms with Crippen LogP contribution in [0.15, 0.2) is 35.3 Å². The second-order valence-corrected chi connectivity index (χ2v) is 7.58. The van der Waals surface area contributed by atoms with E-state index in [1.165, 1.54) is 0 Å². The fourth-order valence-electron chi connectivity index (χ4n) is 3.29. The molecule has 0 saturated heterocycles. The number of rotatable bonds is 4. The van der Waals surface area contributed by atoms with E-state index in [1.54, 1.807) is 0 Å². The van der Waals surface area contributed by atoms with Crippen LogP contribution in [-0.2, 0) is 31.4 Å². The third-order valence-electron chi connectivity index (χ3n) is 4.66. The molecule has 2 aromatic rings. The Hall–Kier alpha value is -3.27. The Labute approximate surface area is 201 Å². The molecule has 0 atom stereocenters. The Morgan fingerprint density at radius 3 is 1.37 bits per heavy atom. The number of aliphatic imine (C=N–C) groups is 1. The van der Waals surface area contributed by atoms with E-state index in [0.29, 0.717) is 12.1 Å². The van der Waals surface area contributed by atoms with E-state index in [0.717, 1.165) is 6.07 Å². The Balaban J connectivity index is 2.73. The van der Waals surface area contributed by atoms with Gasteiger partial charge in [-0.15, -0.1) is 0 Å². The maximum absolute atomic E-state index is 13.2. The normalized spacial score (nSPS) is 13.9. The number of halogens is 15. The molecule has 210 valence electrons. The third kappa shape index (κ3) is 8.11. The average Bonchev–Trinajstić information content (AvgIpc) is 2.67. The van der Waals surface area contributed by atoms with Gasteiger partial charge in [-0.2, -0.15) is 65.9 Å². The van der Waals surface area contributed by atoms with Crippen LogP contribution < -0.4 is 0 Å². The molecule has 0 aromatic heterocycles. The van der Waals surface area contributed by atoms with Gasteiger partial charge in [0.25, 0.3) is 5.91 Å². The lowest BCUT2D eigenvalue weighted by Crippen LogP contribution is -2.24. The molecule has 1 amide bonds. The molecule has 0 aliphatic carbocycles. The molecule has 0 radical (unpaired) electrons. The summed E-state index contributed by atoms with van der Waals surface area (Å²) in [5, 5.41) is 0. The molecule has 0 saturated carbocycles. The summed E-state index contributed by atoms with van der Waals surface area (Å²) in [4.78, 5) is 15.1. The SMILES string of the molecule is O=C(N=Cc1c(CC(F)(F)F)cccc1CC(F)(F)F)c1cc(C(F)(F)F)c(C(F)(F)F)c(C(F)(F)F)c1. The van der Waals surface area contributed by atoms with E-state index in [4.69, 9.17) is 0 Å². The third-order valence-corrected chi connectivity index (χ3v) is 4.66. The average molecular weight is 577 g/mol. The monoisotopic (exact) mass is 577 g/mol. The lowest BCUT2D eigenvalue weighted by atomic mass is 9.95. The van der Waals surface area contributed by atoms with Gasteiger partial charge in [0, 0.05) is 11.8 Å². The van der Waals surface area contributed by atoms with Gasteiger partial charge < -0.3 is 0 Å². The summed E-state index contributed by atoms with van der Waals surface area (Å²) in [6, 6.07) is 0.954. The molecule has 0 spiro atoms. The maximum Gasteiger partial charge on any atom is 0.417 e. The van der Waals surface area contributed by atoms with Crippen molar-refractivity contribution in [2.45, 2.75) is 43.7 Å². The molecule has 2 aromatic carbocycles. The molecule has 0 fully saturated rings. The summed E-state index contributed by atoms with van der Waals surface area (Å²) >= 11 is 0. The topological polar surface area (TPSA) is 29.4 Å². The van der Waals surface area contributed by atoms with E-state index in [-0.39, 0.29) is 6.21 Å². The van der Waals surface area contributed by atoms with Crippen LogP contribution in [0, 0.1) is 0 Å². The van der Waals surface area contributed by atoms with Gasteiger partial charge in [-0.3, -0.25) is 4.79 Å². The molecule has 2 rings (SSSR count). The van der Waals surface area contributed by atoms with E-state index >= 15 is 0 Å². The molecule has 0 bridgehead atoms. The first-order chi connectivity index (χ1) is 16.9. The van der Waals surface area contributed by atoms with Gasteiger partial charge in [0.2, 0.25) is 0 Å². The molecule has 2 nitrogen and oxygen atoms in total. The van der Waals surface area contributed by atoms with Crippen LogP contribution in [0.1, 0.15) is 43.7 Å².